The fourth-order valence-corrected chi connectivity index (χ4v) is 1.92. The van der Waals surface area contributed by atoms with E-state index in [9.17, 15) is 0 Å². The number of nitriles is 2. The van der Waals surface area contributed by atoms with Crippen molar-refractivity contribution in [1.29, 1.82) is 10.5 Å². The van der Waals surface area contributed by atoms with Gasteiger partial charge in [-0.15, -0.1) is 0 Å². The molecule has 0 spiro atoms. The standard InChI is InChI=1S/C16H8N6/c17-5-15-19-7-13(8-20-15)11-1-2-12(4-3-11)14-9-21-16(6-18)22-10-14/h1-4,7-10H. The zero-order chi connectivity index (χ0) is 15.4. The van der Waals surface area contributed by atoms with Gasteiger partial charge in [0.25, 0.3) is 0 Å². The molecule has 0 amide bonds. The van der Waals surface area contributed by atoms with Gasteiger partial charge in [0.15, 0.2) is 0 Å². The Balaban J connectivity index is 1.88. The highest BCUT2D eigenvalue weighted by molar-refractivity contribution is 5.68. The van der Waals surface area contributed by atoms with Crippen LogP contribution in [0.1, 0.15) is 11.6 Å². The molecule has 0 atom stereocenters. The van der Waals surface area contributed by atoms with E-state index in [1.54, 1.807) is 24.8 Å². The van der Waals surface area contributed by atoms with E-state index in [4.69, 9.17) is 10.5 Å². The largest absolute Gasteiger partial charge is 0.232 e. The maximum Gasteiger partial charge on any atom is 0.232 e. The van der Waals surface area contributed by atoms with E-state index in [-0.39, 0.29) is 11.6 Å². The highest BCUT2D eigenvalue weighted by Crippen LogP contribution is 2.23. The minimum absolute atomic E-state index is 0.148. The van der Waals surface area contributed by atoms with Crippen LogP contribution in [0.3, 0.4) is 0 Å². The number of hydrogen-bond acceptors (Lipinski definition) is 6. The van der Waals surface area contributed by atoms with Crippen LogP contribution in [0.4, 0.5) is 0 Å². The Labute approximate surface area is 126 Å². The quantitative estimate of drug-likeness (QED) is 0.716. The van der Waals surface area contributed by atoms with Crippen molar-refractivity contribution in [3.63, 3.8) is 0 Å². The molecular formula is C16H8N6. The third-order valence-electron chi connectivity index (χ3n) is 3.06. The summed E-state index contributed by atoms with van der Waals surface area (Å²) >= 11 is 0. The molecule has 0 radical (unpaired) electrons. The average Bonchev–Trinajstić information content (AvgIpc) is 2.62. The van der Waals surface area contributed by atoms with Gasteiger partial charge in [-0.25, -0.2) is 19.9 Å². The Morgan fingerprint density at radius 2 is 0.864 bits per heavy atom. The van der Waals surface area contributed by atoms with Crippen LogP contribution in [0, 0.1) is 22.7 Å². The predicted molar refractivity (Wildman–Crippen MR) is 77.9 cm³/mol. The fourth-order valence-electron chi connectivity index (χ4n) is 1.92. The van der Waals surface area contributed by atoms with Crippen LogP contribution in [0.5, 0.6) is 0 Å². The summed E-state index contributed by atoms with van der Waals surface area (Å²) in [6, 6.07) is 11.5. The monoisotopic (exact) mass is 284 g/mol. The predicted octanol–water partition coefficient (Wildman–Crippen LogP) is 2.34. The summed E-state index contributed by atoms with van der Waals surface area (Å²) in [5.74, 6) is 0.296. The first-order valence-corrected chi connectivity index (χ1v) is 6.35. The Bertz CT molecular complexity index is 792. The molecule has 0 aliphatic heterocycles. The summed E-state index contributed by atoms with van der Waals surface area (Å²) < 4.78 is 0. The average molecular weight is 284 g/mol. The van der Waals surface area contributed by atoms with Crippen LogP contribution in [0.2, 0.25) is 0 Å². The van der Waals surface area contributed by atoms with Gasteiger partial charge < -0.3 is 0 Å². The van der Waals surface area contributed by atoms with Gasteiger partial charge in [0.1, 0.15) is 12.1 Å². The van der Waals surface area contributed by atoms with E-state index in [0.717, 1.165) is 22.3 Å². The van der Waals surface area contributed by atoms with Crippen molar-refractivity contribution < 1.29 is 0 Å². The van der Waals surface area contributed by atoms with Crippen molar-refractivity contribution in [3.8, 4) is 34.4 Å². The van der Waals surface area contributed by atoms with Gasteiger partial charge in [-0.2, -0.15) is 10.5 Å². The van der Waals surface area contributed by atoms with E-state index in [1.165, 1.54) is 0 Å². The van der Waals surface area contributed by atoms with Gasteiger partial charge in [-0.05, 0) is 11.1 Å². The molecule has 1 aromatic carbocycles. The second kappa shape index (κ2) is 5.78. The van der Waals surface area contributed by atoms with Crippen molar-refractivity contribution in [2.45, 2.75) is 0 Å². The first kappa shape index (κ1) is 13.3. The van der Waals surface area contributed by atoms with Crippen molar-refractivity contribution >= 4 is 0 Å². The van der Waals surface area contributed by atoms with Crippen LogP contribution in [-0.4, -0.2) is 19.9 Å². The lowest BCUT2D eigenvalue weighted by molar-refractivity contribution is 1.11. The van der Waals surface area contributed by atoms with Gasteiger partial charge >= 0.3 is 0 Å². The van der Waals surface area contributed by atoms with Crippen LogP contribution < -0.4 is 0 Å². The molecule has 0 saturated carbocycles. The van der Waals surface area contributed by atoms with Gasteiger partial charge in [-0.1, -0.05) is 24.3 Å². The molecule has 3 aromatic rings. The van der Waals surface area contributed by atoms with Crippen molar-refractivity contribution in [1.82, 2.24) is 19.9 Å². The minimum atomic E-state index is 0.148. The molecule has 0 bridgehead atoms. The van der Waals surface area contributed by atoms with Gasteiger partial charge in [0.2, 0.25) is 11.6 Å². The lowest BCUT2D eigenvalue weighted by Gasteiger charge is -2.04. The zero-order valence-electron chi connectivity index (χ0n) is 11.3. The molecule has 0 unspecified atom stereocenters. The van der Waals surface area contributed by atoms with E-state index in [0.29, 0.717) is 0 Å². The van der Waals surface area contributed by atoms with Crippen LogP contribution in [0.25, 0.3) is 22.3 Å². The van der Waals surface area contributed by atoms with Crippen molar-refractivity contribution in [3.05, 3.63) is 60.7 Å². The first-order valence-electron chi connectivity index (χ1n) is 6.35. The smallest absolute Gasteiger partial charge is 0.227 e. The third kappa shape index (κ3) is 2.62. The number of aromatic nitrogens is 4. The maximum atomic E-state index is 8.69. The normalized spacial score (nSPS) is 9.73. The Morgan fingerprint density at radius 3 is 1.14 bits per heavy atom. The van der Waals surface area contributed by atoms with Crippen LogP contribution in [-0.2, 0) is 0 Å². The molecule has 0 saturated heterocycles. The second-order valence-corrected chi connectivity index (χ2v) is 4.39. The lowest BCUT2D eigenvalue weighted by atomic mass is 10.0. The summed E-state index contributed by atoms with van der Waals surface area (Å²) in [7, 11) is 0. The SMILES string of the molecule is N#Cc1ncc(-c2ccc(-c3cnc(C#N)nc3)cc2)cn1. The molecule has 0 aliphatic rings. The summed E-state index contributed by atoms with van der Waals surface area (Å²) in [6.45, 7) is 0. The van der Waals surface area contributed by atoms with Gasteiger partial charge in [0, 0.05) is 35.9 Å². The molecule has 0 fully saturated rings. The molecule has 3 rings (SSSR count). The molecule has 2 heterocycles. The second-order valence-electron chi connectivity index (χ2n) is 4.39. The molecule has 6 nitrogen and oxygen atoms in total. The molecule has 102 valence electrons. The highest BCUT2D eigenvalue weighted by atomic mass is 14.9. The number of rotatable bonds is 2. The number of benzene rings is 1. The van der Waals surface area contributed by atoms with E-state index in [1.807, 2.05) is 36.4 Å². The van der Waals surface area contributed by atoms with Crippen molar-refractivity contribution in [2.75, 3.05) is 0 Å². The Kier molecular flexibility index (Phi) is 3.51. The van der Waals surface area contributed by atoms with E-state index < -0.39 is 0 Å². The van der Waals surface area contributed by atoms with Gasteiger partial charge in [-0.3, -0.25) is 0 Å². The van der Waals surface area contributed by atoms with Gasteiger partial charge in [0.05, 0.1) is 0 Å². The molecule has 6 heteroatoms. The van der Waals surface area contributed by atoms with E-state index >= 15 is 0 Å². The molecule has 2 aromatic heterocycles. The Morgan fingerprint density at radius 1 is 0.545 bits per heavy atom. The van der Waals surface area contributed by atoms with Crippen LogP contribution in [0.15, 0.2) is 49.1 Å². The van der Waals surface area contributed by atoms with E-state index in [2.05, 4.69) is 19.9 Å². The van der Waals surface area contributed by atoms with Crippen molar-refractivity contribution in [2.24, 2.45) is 0 Å². The zero-order valence-corrected chi connectivity index (χ0v) is 11.3. The molecular weight excluding hydrogens is 276 g/mol. The number of hydrogen-bond donors (Lipinski definition) is 0. The molecule has 22 heavy (non-hydrogen) atoms. The highest BCUT2D eigenvalue weighted by Gasteiger charge is 2.03. The third-order valence-corrected chi connectivity index (χ3v) is 3.06. The first-order chi connectivity index (χ1) is 10.8. The molecule has 0 aliphatic carbocycles. The number of nitrogens with zero attached hydrogens (tertiary/aromatic N) is 6. The lowest BCUT2D eigenvalue weighted by Crippen LogP contribution is -1.90. The summed E-state index contributed by atoms with van der Waals surface area (Å²) in [5, 5.41) is 17.4. The Hall–Kier alpha value is -3.64. The summed E-state index contributed by atoms with van der Waals surface area (Å²) in [4.78, 5) is 15.8. The maximum absolute atomic E-state index is 8.69. The fraction of sp³-hybridized carbons (Fsp3) is 0. The molecule has 0 N–H and O–H groups in total. The summed E-state index contributed by atoms with van der Waals surface area (Å²) in [6.07, 6.45) is 6.47. The topological polar surface area (TPSA) is 99.1 Å². The minimum Gasteiger partial charge on any atom is -0.227 e. The summed E-state index contributed by atoms with van der Waals surface area (Å²) in [5.41, 5.74) is 3.56. The van der Waals surface area contributed by atoms with Crippen LogP contribution >= 0.6 is 0 Å².